The van der Waals surface area contributed by atoms with E-state index in [1.54, 1.807) is 0 Å². The second-order valence-electron chi connectivity index (χ2n) is 15.9. The molecule has 0 heterocycles. The maximum Gasteiger partial charge on any atom is 0.319 e. The number of rotatable bonds is 28. The molecule has 0 aliphatic heterocycles. The van der Waals surface area contributed by atoms with Gasteiger partial charge in [-0.3, -0.25) is 0 Å². The van der Waals surface area contributed by atoms with Gasteiger partial charge in [0.05, 0.1) is 0 Å². The minimum absolute atomic E-state index is 0.142. The Kier molecular flexibility index (Phi) is 22.1. The van der Waals surface area contributed by atoms with Crippen LogP contribution in [0.1, 0.15) is 153 Å². The standard InChI is InChI=1S/C51H72N4O2/c1-3-5-7-9-11-13-15-17-19-21-39-52-50(56)54-48-35-31-46(32-36-48)44-27-23-42(24-28-44)41-43-25-29-45(30-26-43)47-33-37-49(38-34-47)55-51(57)53-40-22-20-18-16-14-12-10-8-6-4-2/h23-38H,3-22,39-41H2,1-2H3,(H2,52,54,56)(H2,53,55,57). The Morgan fingerprint density at radius 3 is 0.912 bits per heavy atom. The van der Waals surface area contributed by atoms with Crippen LogP contribution in [-0.2, 0) is 6.42 Å². The quantitative estimate of drug-likeness (QED) is 0.0434. The van der Waals surface area contributed by atoms with E-state index in [0.717, 1.165) is 52.9 Å². The van der Waals surface area contributed by atoms with Gasteiger partial charge in [-0.1, -0.05) is 202 Å². The van der Waals surface area contributed by atoms with Crippen LogP contribution < -0.4 is 21.3 Å². The molecule has 57 heavy (non-hydrogen) atoms. The molecule has 308 valence electrons. The Balaban J connectivity index is 1.09. The number of carbonyl (C=O) groups is 2. The number of anilines is 2. The monoisotopic (exact) mass is 773 g/mol. The van der Waals surface area contributed by atoms with Crippen molar-refractivity contribution in [2.75, 3.05) is 23.7 Å². The van der Waals surface area contributed by atoms with Crippen molar-refractivity contribution in [2.24, 2.45) is 0 Å². The molecule has 4 aromatic rings. The van der Waals surface area contributed by atoms with Gasteiger partial charge in [-0.2, -0.15) is 0 Å². The zero-order valence-electron chi connectivity index (χ0n) is 35.3. The second kappa shape index (κ2) is 27.9. The van der Waals surface area contributed by atoms with Crippen molar-refractivity contribution in [1.29, 1.82) is 0 Å². The van der Waals surface area contributed by atoms with E-state index < -0.39 is 0 Å². The van der Waals surface area contributed by atoms with E-state index in [-0.39, 0.29) is 12.1 Å². The summed E-state index contributed by atoms with van der Waals surface area (Å²) in [5.41, 5.74) is 8.64. The van der Waals surface area contributed by atoms with Crippen LogP contribution in [0.5, 0.6) is 0 Å². The van der Waals surface area contributed by atoms with E-state index >= 15 is 0 Å². The first kappa shape index (κ1) is 45.1. The number of hydrogen-bond acceptors (Lipinski definition) is 2. The van der Waals surface area contributed by atoms with Crippen molar-refractivity contribution in [3.8, 4) is 22.3 Å². The summed E-state index contributed by atoms with van der Waals surface area (Å²) in [5, 5.41) is 11.9. The van der Waals surface area contributed by atoms with Crippen molar-refractivity contribution in [3.05, 3.63) is 108 Å². The lowest BCUT2D eigenvalue weighted by atomic mass is 9.98. The number of urea groups is 2. The number of nitrogens with one attached hydrogen (secondary N) is 4. The second-order valence-corrected chi connectivity index (χ2v) is 15.9. The van der Waals surface area contributed by atoms with Gasteiger partial charge in [0.15, 0.2) is 0 Å². The first-order chi connectivity index (χ1) is 28.0. The SMILES string of the molecule is CCCCCCCCCCCCNC(=O)Nc1ccc(-c2ccc(Cc3ccc(-c4ccc(NC(=O)NCCCCCCCCCCCC)cc4)cc3)cc2)cc1. The Bertz CT molecular complexity index is 1520. The number of amides is 4. The average Bonchev–Trinajstić information content (AvgIpc) is 3.23. The highest BCUT2D eigenvalue weighted by molar-refractivity contribution is 5.90. The summed E-state index contributed by atoms with van der Waals surface area (Å²) >= 11 is 0. The number of benzene rings is 4. The fourth-order valence-electron chi connectivity index (χ4n) is 7.34. The van der Waals surface area contributed by atoms with Crippen molar-refractivity contribution < 1.29 is 9.59 Å². The van der Waals surface area contributed by atoms with Crippen molar-refractivity contribution in [3.63, 3.8) is 0 Å². The van der Waals surface area contributed by atoms with Crippen LogP contribution in [0.3, 0.4) is 0 Å². The highest BCUT2D eigenvalue weighted by atomic mass is 16.2. The summed E-state index contributed by atoms with van der Waals surface area (Å²) in [7, 11) is 0. The van der Waals surface area contributed by atoms with Crippen LogP contribution in [0, 0.1) is 0 Å². The molecule has 4 aromatic carbocycles. The zero-order chi connectivity index (χ0) is 40.2. The molecule has 0 aliphatic rings. The lowest BCUT2D eigenvalue weighted by molar-refractivity contribution is 0.251. The summed E-state index contributed by atoms with van der Waals surface area (Å²) in [6, 6.07) is 33.2. The Morgan fingerprint density at radius 2 is 0.614 bits per heavy atom. The molecule has 0 aromatic heterocycles. The van der Waals surface area contributed by atoms with Gasteiger partial charge in [0.1, 0.15) is 0 Å². The van der Waals surface area contributed by atoms with Gasteiger partial charge in [-0.25, -0.2) is 9.59 Å². The number of hydrogen-bond donors (Lipinski definition) is 4. The molecule has 0 saturated heterocycles. The lowest BCUT2D eigenvalue weighted by Crippen LogP contribution is -2.29. The molecule has 0 aliphatic carbocycles. The molecule has 0 saturated carbocycles. The molecule has 4 rings (SSSR count). The smallest absolute Gasteiger partial charge is 0.319 e. The predicted molar refractivity (Wildman–Crippen MR) is 244 cm³/mol. The highest BCUT2D eigenvalue weighted by Gasteiger charge is 2.06. The molecule has 0 bridgehead atoms. The minimum atomic E-state index is -0.142. The van der Waals surface area contributed by atoms with E-state index in [2.05, 4.69) is 108 Å². The normalized spacial score (nSPS) is 11.0. The van der Waals surface area contributed by atoms with Gasteiger partial charge >= 0.3 is 12.1 Å². The molecule has 4 amide bonds. The van der Waals surface area contributed by atoms with E-state index in [4.69, 9.17) is 0 Å². The Morgan fingerprint density at radius 1 is 0.351 bits per heavy atom. The number of unbranched alkanes of at least 4 members (excludes halogenated alkanes) is 18. The highest BCUT2D eigenvalue weighted by Crippen LogP contribution is 2.25. The Labute approximate surface area is 345 Å². The van der Waals surface area contributed by atoms with Crippen molar-refractivity contribution in [1.82, 2.24) is 10.6 Å². The zero-order valence-corrected chi connectivity index (χ0v) is 35.3. The lowest BCUT2D eigenvalue weighted by Gasteiger charge is -2.10. The third-order valence-corrected chi connectivity index (χ3v) is 10.9. The molecule has 6 heteroatoms. The maximum atomic E-state index is 12.4. The van der Waals surface area contributed by atoms with Crippen LogP contribution >= 0.6 is 0 Å². The van der Waals surface area contributed by atoms with Crippen LogP contribution in [0.25, 0.3) is 22.3 Å². The summed E-state index contributed by atoms with van der Waals surface area (Å²) in [6.45, 7) is 5.95. The molecule has 0 spiro atoms. The number of carbonyl (C=O) groups excluding carboxylic acids is 2. The van der Waals surface area contributed by atoms with Gasteiger partial charge in [0.25, 0.3) is 0 Å². The fourth-order valence-corrected chi connectivity index (χ4v) is 7.34. The molecular formula is C51H72N4O2. The van der Waals surface area contributed by atoms with Gasteiger partial charge in [-0.15, -0.1) is 0 Å². The van der Waals surface area contributed by atoms with Gasteiger partial charge in [-0.05, 0) is 76.9 Å². The maximum absolute atomic E-state index is 12.4. The first-order valence-electron chi connectivity index (χ1n) is 22.5. The van der Waals surface area contributed by atoms with Crippen LogP contribution in [-0.4, -0.2) is 25.2 Å². The summed E-state index contributed by atoms with van der Waals surface area (Å²) in [5.74, 6) is 0. The van der Waals surface area contributed by atoms with E-state index in [1.165, 1.54) is 127 Å². The molecule has 4 N–H and O–H groups in total. The Hall–Kier alpha value is -4.58. The molecule has 0 atom stereocenters. The summed E-state index contributed by atoms with van der Waals surface area (Å²) in [4.78, 5) is 24.8. The molecule has 6 nitrogen and oxygen atoms in total. The first-order valence-corrected chi connectivity index (χ1v) is 22.5. The third-order valence-electron chi connectivity index (χ3n) is 10.9. The van der Waals surface area contributed by atoms with Gasteiger partial charge in [0, 0.05) is 24.5 Å². The van der Waals surface area contributed by atoms with Gasteiger partial charge in [0.2, 0.25) is 0 Å². The largest absolute Gasteiger partial charge is 0.338 e. The average molecular weight is 773 g/mol. The summed E-state index contributed by atoms with van der Waals surface area (Å²) in [6.07, 6.45) is 26.6. The van der Waals surface area contributed by atoms with Crippen LogP contribution in [0.15, 0.2) is 97.1 Å². The molecule has 0 unspecified atom stereocenters. The minimum Gasteiger partial charge on any atom is -0.338 e. The fraction of sp³-hybridized carbons (Fsp3) is 0.490. The van der Waals surface area contributed by atoms with Crippen molar-refractivity contribution >= 4 is 23.4 Å². The van der Waals surface area contributed by atoms with E-state index in [0.29, 0.717) is 13.1 Å². The van der Waals surface area contributed by atoms with Crippen LogP contribution in [0.4, 0.5) is 21.0 Å². The molecular weight excluding hydrogens is 701 g/mol. The predicted octanol–water partition coefficient (Wildman–Crippen LogP) is 14.7. The topological polar surface area (TPSA) is 82.3 Å². The van der Waals surface area contributed by atoms with Crippen LogP contribution in [0.2, 0.25) is 0 Å². The van der Waals surface area contributed by atoms with E-state index in [9.17, 15) is 9.59 Å². The summed E-state index contributed by atoms with van der Waals surface area (Å²) < 4.78 is 0. The van der Waals surface area contributed by atoms with E-state index in [1.807, 2.05) is 24.3 Å². The van der Waals surface area contributed by atoms with Crippen molar-refractivity contribution in [2.45, 2.75) is 149 Å². The third kappa shape index (κ3) is 18.9. The molecule has 0 fully saturated rings. The molecule has 0 radical (unpaired) electrons. The van der Waals surface area contributed by atoms with Gasteiger partial charge < -0.3 is 21.3 Å².